The molecule has 1 aliphatic rings. The molecule has 1 saturated heterocycles. The molecule has 1 aliphatic heterocycles. The van der Waals surface area contributed by atoms with Gasteiger partial charge in [0.05, 0.1) is 0 Å². The Morgan fingerprint density at radius 3 is 2.18 bits per heavy atom. The average Bonchev–Trinajstić information content (AvgIpc) is 2.18. The minimum Gasteiger partial charge on any atom is -0.195 e. The molecule has 0 aliphatic carbocycles. The lowest BCUT2D eigenvalue weighted by atomic mass is 9.93. The smallest absolute Gasteiger partial charge is 0.195 e. The standard InChI is InChI=1S/C12H18N2O2S/c1-10-4-6-11(7-5-10)12-8-14(9-12)17(15,16)13(2)3/h4-7,12H,8-9H2,1-3H3. The van der Waals surface area contributed by atoms with Crippen molar-refractivity contribution in [2.24, 2.45) is 0 Å². The first-order valence-electron chi connectivity index (χ1n) is 5.65. The first-order chi connectivity index (χ1) is 7.91. The molecule has 0 unspecified atom stereocenters. The fourth-order valence-electron chi connectivity index (χ4n) is 1.91. The predicted octanol–water partition coefficient (Wildman–Crippen LogP) is 1.20. The molecule has 94 valence electrons. The van der Waals surface area contributed by atoms with E-state index in [1.54, 1.807) is 14.1 Å². The van der Waals surface area contributed by atoms with Gasteiger partial charge in [-0.2, -0.15) is 17.0 Å². The summed E-state index contributed by atoms with van der Waals surface area (Å²) in [5.74, 6) is 0.338. The first kappa shape index (κ1) is 12.5. The van der Waals surface area contributed by atoms with Crippen molar-refractivity contribution in [3.8, 4) is 0 Å². The van der Waals surface area contributed by atoms with E-state index in [0.29, 0.717) is 19.0 Å². The first-order valence-corrected chi connectivity index (χ1v) is 7.05. The third-order valence-corrected chi connectivity index (χ3v) is 5.06. The molecule has 0 N–H and O–H groups in total. The Bertz CT molecular complexity index is 488. The number of nitrogens with zero attached hydrogens (tertiary/aromatic N) is 2. The molecule has 5 heteroatoms. The zero-order valence-electron chi connectivity index (χ0n) is 10.4. The van der Waals surface area contributed by atoms with Crippen LogP contribution < -0.4 is 0 Å². The summed E-state index contributed by atoms with van der Waals surface area (Å²) in [7, 11) is -0.0945. The zero-order chi connectivity index (χ0) is 12.6. The van der Waals surface area contributed by atoms with Gasteiger partial charge >= 0.3 is 0 Å². The van der Waals surface area contributed by atoms with Crippen molar-refractivity contribution in [2.75, 3.05) is 27.2 Å². The van der Waals surface area contributed by atoms with Crippen molar-refractivity contribution in [1.82, 2.24) is 8.61 Å². The van der Waals surface area contributed by atoms with E-state index in [1.807, 2.05) is 6.92 Å². The van der Waals surface area contributed by atoms with Gasteiger partial charge in [-0.15, -0.1) is 0 Å². The lowest BCUT2D eigenvalue weighted by Gasteiger charge is -2.39. The van der Waals surface area contributed by atoms with Crippen molar-refractivity contribution >= 4 is 10.2 Å². The summed E-state index contributed by atoms with van der Waals surface area (Å²) in [6, 6.07) is 8.30. The van der Waals surface area contributed by atoms with E-state index in [-0.39, 0.29) is 0 Å². The Morgan fingerprint density at radius 1 is 1.18 bits per heavy atom. The van der Waals surface area contributed by atoms with E-state index < -0.39 is 10.2 Å². The molecular formula is C12H18N2O2S. The average molecular weight is 254 g/mol. The van der Waals surface area contributed by atoms with Gasteiger partial charge in [0.1, 0.15) is 0 Å². The summed E-state index contributed by atoms with van der Waals surface area (Å²) in [4.78, 5) is 0. The maximum atomic E-state index is 11.8. The van der Waals surface area contributed by atoms with Gasteiger partial charge in [0.15, 0.2) is 0 Å². The van der Waals surface area contributed by atoms with Gasteiger partial charge in [0, 0.05) is 33.1 Å². The van der Waals surface area contributed by atoms with Crippen LogP contribution in [0.2, 0.25) is 0 Å². The predicted molar refractivity (Wildman–Crippen MR) is 68.1 cm³/mol. The fourth-order valence-corrected chi connectivity index (χ4v) is 3.11. The van der Waals surface area contributed by atoms with Crippen LogP contribution in [0.1, 0.15) is 17.0 Å². The normalized spacial score (nSPS) is 18.4. The van der Waals surface area contributed by atoms with E-state index in [4.69, 9.17) is 0 Å². The minimum absolute atomic E-state index is 0.338. The highest BCUT2D eigenvalue weighted by Crippen LogP contribution is 2.29. The Morgan fingerprint density at radius 2 is 1.71 bits per heavy atom. The topological polar surface area (TPSA) is 40.6 Å². The molecule has 1 heterocycles. The van der Waals surface area contributed by atoms with Crippen LogP contribution >= 0.6 is 0 Å². The summed E-state index contributed by atoms with van der Waals surface area (Å²) in [6.45, 7) is 3.22. The van der Waals surface area contributed by atoms with Crippen molar-refractivity contribution in [2.45, 2.75) is 12.8 Å². The number of aryl methyl sites for hydroxylation is 1. The molecule has 2 rings (SSSR count). The summed E-state index contributed by atoms with van der Waals surface area (Å²) < 4.78 is 26.4. The molecule has 0 spiro atoms. The molecule has 0 bridgehead atoms. The number of benzene rings is 1. The van der Waals surface area contributed by atoms with Gasteiger partial charge in [-0.05, 0) is 12.5 Å². The fraction of sp³-hybridized carbons (Fsp3) is 0.500. The Hall–Kier alpha value is -0.910. The largest absolute Gasteiger partial charge is 0.281 e. The third-order valence-electron chi connectivity index (χ3n) is 3.18. The van der Waals surface area contributed by atoms with Crippen LogP contribution in [0.5, 0.6) is 0 Å². The van der Waals surface area contributed by atoms with Gasteiger partial charge in [0.2, 0.25) is 0 Å². The summed E-state index contributed by atoms with van der Waals surface area (Å²) in [5, 5.41) is 0. The molecule has 1 fully saturated rings. The second-order valence-electron chi connectivity index (χ2n) is 4.71. The summed E-state index contributed by atoms with van der Waals surface area (Å²) in [5.41, 5.74) is 2.45. The highest BCUT2D eigenvalue weighted by Gasteiger charge is 2.37. The van der Waals surface area contributed by atoms with Crippen molar-refractivity contribution in [1.29, 1.82) is 0 Å². The van der Waals surface area contributed by atoms with E-state index >= 15 is 0 Å². The van der Waals surface area contributed by atoms with Crippen molar-refractivity contribution < 1.29 is 8.42 Å². The van der Waals surface area contributed by atoms with Gasteiger partial charge in [-0.1, -0.05) is 29.8 Å². The second-order valence-corrected chi connectivity index (χ2v) is 6.86. The Kier molecular flexibility index (Phi) is 3.25. The zero-order valence-corrected chi connectivity index (χ0v) is 11.2. The van der Waals surface area contributed by atoms with Crippen molar-refractivity contribution in [3.05, 3.63) is 35.4 Å². The molecular weight excluding hydrogens is 236 g/mol. The molecule has 1 aromatic carbocycles. The second kappa shape index (κ2) is 4.40. The minimum atomic E-state index is -3.22. The van der Waals surface area contributed by atoms with Gasteiger partial charge in [0.25, 0.3) is 10.2 Å². The monoisotopic (exact) mass is 254 g/mol. The van der Waals surface area contributed by atoms with Crippen molar-refractivity contribution in [3.63, 3.8) is 0 Å². The van der Waals surface area contributed by atoms with Crippen LogP contribution in [0.4, 0.5) is 0 Å². The quantitative estimate of drug-likeness (QED) is 0.813. The van der Waals surface area contributed by atoms with E-state index in [9.17, 15) is 8.42 Å². The van der Waals surface area contributed by atoms with Crippen LogP contribution in [0, 0.1) is 6.92 Å². The molecule has 1 aromatic rings. The van der Waals surface area contributed by atoms with Crippen LogP contribution in [-0.2, 0) is 10.2 Å². The molecule has 0 aromatic heterocycles. The van der Waals surface area contributed by atoms with Gasteiger partial charge < -0.3 is 0 Å². The van der Waals surface area contributed by atoms with Crippen LogP contribution in [0.25, 0.3) is 0 Å². The highest BCUT2D eigenvalue weighted by molar-refractivity contribution is 7.86. The SMILES string of the molecule is Cc1ccc(C2CN(S(=O)(=O)N(C)C)C2)cc1. The summed E-state index contributed by atoms with van der Waals surface area (Å²) in [6.07, 6.45) is 0. The van der Waals surface area contributed by atoms with E-state index in [1.165, 1.54) is 19.7 Å². The molecule has 4 nitrogen and oxygen atoms in total. The Balaban J connectivity index is 2.02. The van der Waals surface area contributed by atoms with Gasteiger partial charge in [-0.3, -0.25) is 0 Å². The van der Waals surface area contributed by atoms with Crippen LogP contribution in [0.15, 0.2) is 24.3 Å². The number of hydrogen-bond donors (Lipinski definition) is 0. The Labute approximate surface area is 103 Å². The van der Waals surface area contributed by atoms with Crippen LogP contribution in [-0.4, -0.2) is 44.2 Å². The number of rotatable bonds is 3. The maximum absolute atomic E-state index is 11.8. The molecule has 0 saturated carbocycles. The summed E-state index contributed by atoms with van der Waals surface area (Å²) >= 11 is 0. The van der Waals surface area contributed by atoms with E-state index in [2.05, 4.69) is 24.3 Å². The molecule has 17 heavy (non-hydrogen) atoms. The lowest BCUT2D eigenvalue weighted by Crippen LogP contribution is -2.52. The highest BCUT2D eigenvalue weighted by atomic mass is 32.2. The third kappa shape index (κ3) is 2.36. The molecule has 0 atom stereocenters. The number of hydrogen-bond acceptors (Lipinski definition) is 2. The van der Waals surface area contributed by atoms with E-state index in [0.717, 1.165) is 0 Å². The molecule has 0 radical (unpaired) electrons. The molecule has 0 amide bonds. The van der Waals surface area contributed by atoms with Crippen LogP contribution in [0.3, 0.4) is 0 Å². The maximum Gasteiger partial charge on any atom is 0.281 e. The van der Waals surface area contributed by atoms with Gasteiger partial charge in [-0.25, -0.2) is 0 Å². The lowest BCUT2D eigenvalue weighted by molar-refractivity contribution is 0.249.